The van der Waals surface area contributed by atoms with E-state index < -0.39 is 6.04 Å². The molecule has 0 radical (unpaired) electrons. The van der Waals surface area contributed by atoms with Crippen molar-refractivity contribution in [3.8, 4) is 11.5 Å². The molecule has 0 bridgehead atoms. The molecule has 0 aliphatic heterocycles. The van der Waals surface area contributed by atoms with Gasteiger partial charge in [0.05, 0.1) is 25.1 Å². The summed E-state index contributed by atoms with van der Waals surface area (Å²) in [5.41, 5.74) is 0.356. The first-order valence-corrected chi connectivity index (χ1v) is 9.59. The molecular formula is C19H23ClN2O4S. The lowest BCUT2D eigenvalue weighted by atomic mass is 10.0. The second-order valence-electron chi connectivity index (χ2n) is 6.22. The van der Waals surface area contributed by atoms with E-state index >= 15 is 0 Å². The number of carbonyl (C=O) groups excluding carboxylic acids is 2. The van der Waals surface area contributed by atoms with E-state index in [0.29, 0.717) is 27.9 Å². The van der Waals surface area contributed by atoms with Gasteiger partial charge in [-0.3, -0.25) is 9.59 Å². The van der Waals surface area contributed by atoms with Crippen LogP contribution in [0, 0.1) is 5.92 Å². The third-order valence-electron chi connectivity index (χ3n) is 3.92. The maximum absolute atomic E-state index is 12.7. The Labute approximate surface area is 167 Å². The molecule has 0 saturated heterocycles. The van der Waals surface area contributed by atoms with Crippen LogP contribution in [0.3, 0.4) is 0 Å². The summed E-state index contributed by atoms with van der Waals surface area (Å²) in [6.45, 7) is 4.11. The molecule has 1 atom stereocenters. The number of nitrogens with one attached hydrogen (secondary N) is 2. The van der Waals surface area contributed by atoms with Crippen molar-refractivity contribution in [3.63, 3.8) is 0 Å². The maximum Gasteiger partial charge on any atom is 0.252 e. The van der Waals surface area contributed by atoms with Gasteiger partial charge in [-0.2, -0.15) is 0 Å². The van der Waals surface area contributed by atoms with Gasteiger partial charge in [0.25, 0.3) is 5.91 Å². The molecule has 2 rings (SSSR count). The fraction of sp³-hybridized carbons (Fsp3) is 0.368. The largest absolute Gasteiger partial charge is 0.497 e. The van der Waals surface area contributed by atoms with Gasteiger partial charge in [-0.05, 0) is 30.2 Å². The lowest BCUT2D eigenvalue weighted by molar-refractivity contribution is -0.124. The average Bonchev–Trinajstić information content (AvgIpc) is 3.08. The molecule has 0 spiro atoms. The van der Waals surface area contributed by atoms with Gasteiger partial charge in [-0.25, -0.2) is 0 Å². The van der Waals surface area contributed by atoms with Crippen LogP contribution in [-0.2, 0) is 11.3 Å². The van der Waals surface area contributed by atoms with Crippen LogP contribution in [0.2, 0.25) is 4.34 Å². The van der Waals surface area contributed by atoms with E-state index in [1.165, 1.54) is 25.6 Å². The Kier molecular flexibility index (Phi) is 7.50. The van der Waals surface area contributed by atoms with Gasteiger partial charge in [-0.1, -0.05) is 25.4 Å². The first-order valence-electron chi connectivity index (χ1n) is 8.40. The number of halogens is 1. The van der Waals surface area contributed by atoms with Gasteiger partial charge < -0.3 is 20.1 Å². The topological polar surface area (TPSA) is 76.7 Å². The zero-order valence-electron chi connectivity index (χ0n) is 15.7. The second kappa shape index (κ2) is 9.62. The molecule has 2 N–H and O–H groups in total. The molecule has 2 amide bonds. The highest BCUT2D eigenvalue weighted by molar-refractivity contribution is 7.16. The van der Waals surface area contributed by atoms with Crippen LogP contribution in [0.15, 0.2) is 30.3 Å². The number of amides is 2. The van der Waals surface area contributed by atoms with Crippen molar-refractivity contribution in [1.29, 1.82) is 0 Å². The molecule has 1 unspecified atom stereocenters. The van der Waals surface area contributed by atoms with E-state index in [1.54, 1.807) is 24.3 Å². The molecule has 0 fully saturated rings. The summed E-state index contributed by atoms with van der Waals surface area (Å²) in [5, 5.41) is 5.64. The Morgan fingerprint density at radius 3 is 2.22 bits per heavy atom. The monoisotopic (exact) mass is 410 g/mol. The summed E-state index contributed by atoms with van der Waals surface area (Å²) in [6.07, 6.45) is 0. The van der Waals surface area contributed by atoms with Crippen LogP contribution in [0.25, 0.3) is 0 Å². The minimum Gasteiger partial charge on any atom is -0.497 e. The van der Waals surface area contributed by atoms with Crippen LogP contribution >= 0.6 is 22.9 Å². The van der Waals surface area contributed by atoms with Gasteiger partial charge in [0.15, 0.2) is 0 Å². The minimum absolute atomic E-state index is 0.0895. The van der Waals surface area contributed by atoms with Crippen LogP contribution in [0.5, 0.6) is 11.5 Å². The molecule has 2 aromatic rings. The van der Waals surface area contributed by atoms with Crippen LogP contribution < -0.4 is 20.1 Å². The van der Waals surface area contributed by atoms with Crippen molar-refractivity contribution in [2.45, 2.75) is 26.4 Å². The Balaban J connectivity index is 2.08. The van der Waals surface area contributed by atoms with Gasteiger partial charge in [0.2, 0.25) is 5.91 Å². The van der Waals surface area contributed by atoms with Crippen molar-refractivity contribution in [1.82, 2.24) is 10.6 Å². The summed E-state index contributed by atoms with van der Waals surface area (Å²) in [5.74, 6) is 0.283. The highest BCUT2D eigenvalue weighted by Crippen LogP contribution is 2.23. The molecule has 1 aromatic carbocycles. The summed E-state index contributed by atoms with van der Waals surface area (Å²) >= 11 is 7.31. The van der Waals surface area contributed by atoms with Crippen LogP contribution in [-0.4, -0.2) is 32.1 Å². The molecule has 0 aliphatic carbocycles. The van der Waals surface area contributed by atoms with Gasteiger partial charge >= 0.3 is 0 Å². The number of carbonyl (C=O) groups is 2. The Morgan fingerprint density at radius 1 is 1.11 bits per heavy atom. The molecule has 146 valence electrons. The predicted molar refractivity (Wildman–Crippen MR) is 107 cm³/mol. The Morgan fingerprint density at radius 2 is 1.74 bits per heavy atom. The second-order valence-corrected chi connectivity index (χ2v) is 8.02. The number of hydrogen-bond donors (Lipinski definition) is 2. The standard InChI is InChI=1S/C19H23ClN2O4S/c1-11(2)17(19(24)21-10-15-5-6-16(20)27-15)22-18(23)12-7-13(25-3)9-14(8-12)26-4/h5-9,11,17H,10H2,1-4H3,(H,21,24)(H,22,23). The number of hydrogen-bond acceptors (Lipinski definition) is 5. The van der Waals surface area contributed by atoms with Crippen molar-refractivity contribution in [2.75, 3.05) is 14.2 Å². The lowest BCUT2D eigenvalue weighted by Crippen LogP contribution is -2.49. The van der Waals surface area contributed by atoms with Crippen molar-refractivity contribution in [3.05, 3.63) is 45.1 Å². The first-order chi connectivity index (χ1) is 12.8. The van der Waals surface area contributed by atoms with Crippen molar-refractivity contribution in [2.24, 2.45) is 5.92 Å². The molecule has 0 aliphatic rings. The van der Waals surface area contributed by atoms with Crippen LogP contribution in [0.4, 0.5) is 0 Å². The summed E-state index contributed by atoms with van der Waals surface area (Å²) in [6, 6.07) is 7.84. The average molecular weight is 411 g/mol. The maximum atomic E-state index is 12.7. The molecule has 0 saturated carbocycles. The smallest absolute Gasteiger partial charge is 0.252 e. The predicted octanol–water partition coefficient (Wildman–Crippen LogP) is 3.49. The van der Waals surface area contributed by atoms with Gasteiger partial charge in [0.1, 0.15) is 17.5 Å². The number of thiophene rings is 1. The number of rotatable bonds is 8. The SMILES string of the molecule is COc1cc(OC)cc(C(=O)NC(C(=O)NCc2ccc(Cl)s2)C(C)C)c1. The Hall–Kier alpha value is -2.25. The third-order valence-corrected chi connectivity index (χ3v) is 5.15. The summed E-state index contributed by atoms with van der Waals surface area (Å²) < 4.78 is 11.0. The van der Waals surface area contributed by atoms with Crippen LogP contribution in [0.1, 0.15) is 29.1 Å². The highest BCUT2D eigenvalue weighted by atomic mass is 35.5. The van der Waals surface area contributed by atoms with Gasteiger partial charge in [0, 0.05) is 16.5 Å². The van der Waals surface area contributed by atoms with Gasteiger partial charge in [-0.15, -0.1) is 11.3 Å². The molecule has 1 heterocycles. The zero-order chi connectivity index (χ0) is 20.0. The van der Waals surface area contributed by atoms with E-state index in [4.69, 9.17) is 21.1 Å². The molecule has 1 aromatic heterocycles. The normalized spacial score (nSPS) is 11.8. The van der Waals surface area contributed by atoms with E-state index in [1.807, 2.05) is 19.9 Å². The summed E-state index contributed by atoms with van der Waals surface area (Å²) in [4.78, 5) is 26.2. The molecular weight excluding hydrogens is 388 g/mol. The van der Waals surface area contributed by atoms with Crippen molar-refractivity contribution >= 4 is 34.8 Å². The number of methoxy groups -OCH3 is 2. The fourth-order valence-electron chi connectivity index (χ4n) is 2.43. The molecule has 6 nitrogen and oxygen atoms in total. The fourth-order valence-corrected chi connectivity index (χ4v) is 3.46. The van der Waals surface area contributed by atoms with E-state index in [2.05, 4.69) is 10.6 Å². The van der Waals surface area contributed by atoms with Crippen molar-refractivity contribution < 1.29 is 19.1 Å². The van der Waals surface area contributed by atoms with E-state index in [-0.39, 0.29) is 17.7 Å². The zero-order valence-corrected chi connectivity index (χ0v) is 17.2. The van der Waals surface area contributed by atoms with E-state index in [0.717, 1.165) is 4.88 Å². The molecule has 27 heavy (non-hydrogen) atoms. The number of ether oxygens (including phenoxy) is 2. The Bertz CT molecular complexity index is 785. The summed E-state index contributed by atoms with van der Waals surface area (Å²) in [7, 11) is 3.02. The van der Waals surface area contributed by atoms with E-state index in [9.17, 15) is 9.59 Å². The lowest BCUT2D eigenvalue weighted by Gasteiger charge is -2.22. The quantitative estimate of drug-likeness (QED) is 0.698. The first kappa shape index (κ1) is 21.1. The number of benzene rings is 1. The molecule has 8 heteroatoms. The highest BCUT2D eigenvalue weighted by Gasteiger charge is 2.25. The minimum atomic E-state index is -0.676. The third kappa shape index (κ3) is 5.87.